The second-order valence-corrected chi connectivity index (χ2v) is 5.30. The summed E-state index contributed by atoms with van der Waals surface area (Å²) in [6.45, 7) is 3.03. The number of rotatable bonds is 6. The summed E-state index contributed by atoms with van der Waals surface area (Å²) in [6.07, 6.45) is 2.86. The number of ether oxygens (including phenoxy) is 2. The fourth-order valence-electron chi connectivity index (χ4n) is 2.39. The molecule has 1 aromatic heterocycles. The molecule has 2 heterocycles. The topological polar surface area (TPSA) is 51.5 Å². The molecule has 1 aromatic rings. The zero-order chi connectivity index (χ0) is 13.9. The summed E-state index contributed by atoms with van der Waals surface area (Å²) in [5, 5.41) is 3.44. The molecule has 0 radical (unpaired) electrons. The molecule has 0 aromatic carbocycles. The first-order valence-electron chi connectivity index (χ1n) is 6.59. The number of anilines is 1. The molecular weight excluding hydrogens is 244 g/mol. The molecule has 1 fully saturated rings. The third-order valence-corrected chi connectivity index (χ3v) is 3.71. The molecule has 1 aliphatic heterocycles. The summed E-state index contributed by atoms with van der Waals surface area (Å²) in [4.78, 5) is 6.40. The molecule has 0 amide bonds. The average Bonchev–Trinajstić information content (AvgIpc) is 2.98. The molecule has 6 nitrogen and oxygen atoms in total. The van der Waals surface area contributed by atoms with Crippen molar-refractivity contribution < 1.29 is 9.47 Å². The lowest BCUT2D eigenvalue weighted by Gasteiger charge is -2.26. The Morgan fingerprint density at radius 1 is 1.58 bits per heavy atom. The smallest absolute Gasteiger partial charge is 0.204 e. The summed E-state index contributed by atoms with van der Waals surface area (Å²) in [7, 11) is 7.78. The van der Waals surface area contributed by atoms with Crippen molar-refractivity contribution in [2.45, 2.75) is 18.6 Å². The van der Waals surface area contributed by atoms with Crippen molar-refractivity contribution in [1.82, 2.24) is 14.9 Å². The molecule has 1 unspecified atom stereocenters. The Labute approximate surface area is 114 Å². The molecule has 1 N–H and O–H groups in total. The number of aromatic nitrogens is 2. The second-order valence-electron chi connectivity index (χ2n) is 5.30. The highest BCUT2D eigenvalue weighted by Gasteiger charge is 2.34. The van der Waals surface area contributed by atoms with Gasteiger partial charge >= 0.3 is 0 Å². The Morgan fingerprint density at radius 2 is 2.37 bits per heavy atom. The normalized spacial score (nSPS) is 22.9. The van der Waals surface area contributed by atoms with Crippen molar-refractivity contribution in [2.75, 3.05) is 45.9 Å². The Morgan fingerprint density at radius 3 is 2.89 bits per heavy atom. The lowest BCUT2D eigenvalue weighted by atomic mass is 10.0. The number of methoxy groups -OCH3 is 1. The standard InChI is InChI=1S/C13H24N4O2/c1-16(2)12-15-8-11(17(12)3)7-14-9-13(18-4)5-6-19-10-13/h8,14H,5-7,9-10H2,1-4H3. The molecule has 0 saturated carbocycles. The first-order valence-corrected chi connectivity index (χ1v) is 6.59. The number of imidazole rings is 1. The van der Waals surface area contributed by atoms with E-state index in [0.29, 0.717) is 6.61 Å². The average molecular weight is 268 g/mol. The quantitative estimate of drug-likeness (QED) is 0.808. The van der Waals surface area contributed by atoms with E-state index in [0.717, 1.165) is 37.8 Å². The lowest BCUT2D eigenvalue weighted by Crippen LogP contribution is -2.42. The van der Waals surface area contributed by atoms with Crippen LogP contribution in [0.25, 0.3) is 0 Å². The van der Waals surface area contributed by atoms with Gasteiger partial charge in [0, 0.05) is 54.4 Å². The van der Waals surface area contributed by atoms with Gasteiger partial charge in [0.05, 0.1) is 18.5 Å². The second kappa shape index (κ2) is 5.90. The van der Waals surface area contributed by atoms with Crippen LogP contribution < -0.4 is 10.2 Å². The van der Waals surface area contributed by atoms with Crippen LogP contribution in [0.2, 0.25) is 0 Å². The van der Waals surface area contributed by atoms with Crippen LogP contribution in [0.4, 0.5) is 5.95 Å². The fraction of sp³-hybridized carbons (Fsp3) is 0.769. The fourth-order valence-corrected chi connectivity index (χ4v) is 2.39. The van der Waals surface area contributed by atoms with E-state index in [2.05, 4.69) is 14.9 Å². The number of nitrogens with zero attached hydrogens (tertiary/aromatic N) is 3. The van der Waals surface area contributed by atoms with Crippen molar-refractivity contribution >= 4 is 5.95 Å². The maximum absolute atomic E-state index is 5.59. The van der Waals surface area contributed by atoms with E-state index >= 15 is 0 Å². The number of hydrogen-bond acceptors (Lipinski definition) is 5. The first-order chi connectivity index (χ1) is 9.08. The van der Waals surface area contributed by atoms with Crippen LogP contribution in [0.1, 0.15) is 12.1 Å². The minimum atomic E-state index is -0.164. The van der Waals surface area contributed by atoms with Gasteiger partial charge in [-0.15, -0.1) is 0 Å². The number of hydrogen-bond donors (Lipinski definition) is 1. The van der Waals surface area contributed by atoms with Crippen LogP contribution >= 0.6 is 0 Å². The molecule has 0 spiro atoms. The van der Waals surface area contributed by atoms with Crippen molar-refractivity contribution in [3.05, 3.63) is 11.9 Å². The van der Waals surface area contributed by atoms with E-state index in [1.165, 1.54) is 0 Å². The highest BCUT2D eigenvalue weighted by atomic mass is 16.5. The van der Waals surface area contributed by atoms with Crippen LogP contribution in [-0.4, -0.2) is 56.1 Å². The van der Waals surface area contributed by atoms with Crippen LogP contribution in [0.15, 0.2) is 6.20 Å². The van der Waals surface area contributed by atoms with Crippen molar-refractivity contribution in [3.8, 4) is 0 Å². The van der Waals surface area contributed by atoms with Crippen molar-refractivity contribution in [2.24, 2.45) is 7.05 Å². The summed E-state index contributed by atoms with van der Waals surface area (Å²) >= 11 is 0. The Balaban J connectivity index is 1.89. The summed E-state index contributed by atoms with van der Waals surface area (Å²) in [5.41, 5.74) is 0.997. The Hall–Kier alpha value is -1.11. The minimum Gasteiger partial charge on any atom is -0.378 e. The Kier molecular flexibility index (Phi) is 4.44. The van der Waals surface area contributed by atoms with Crippen LogP contribution in [-0.2, 0) is 23.1 Å². The van der Waals surface area contributed by atoms with Gasteiger partial charge in [0.2, 0.25) is 5.95 Å². The third kappa shape index (κ3) is 3.08. The van der Waals surface area contributed by atoms with Gasteiger partial charge in [-0.1, -0.05) is 0 Å². The summed E-state index contributed by atoms with van der Waals surface area (Å²) in [6, 6.07) is 0. The van der Waals surface area contributed by atoms with E-state index in [1.807, 2.05) is 32.2 Å². The van der Waals surface area contributed by atoms with E-state index in [-0.39, 0.29) is 5.60 Å². The maximum atomic E-state index is 5.59. The molecule has 19 heavy (non-hydrogen) atoms. The first kappa shape index (κ1) is 14.3. The molecule has 0 bridgehead atoms. The molecular formula is C13H24N4O2. The summed E-state index contributed by atoms with van der Waals surface area (Å²) < 4.78 is 13.1. The van der Waals surface area contributed by atoms with E-state index < -0.39 is 0 Å². The SMILES string of the molecule is COC1(CNCc2cnc(N(C)C)n2C)CCOC1. The monoisotopic (exact) mass is 268 g/mol. The van der Waals surface area contributed by atoms with Gasteiger partial charge in [-0.25, -0.2) is 4.98 Å². The molecule has 0 aliphatic carbocycles. The highest BCUT2D eigenvalue weighted by Crippen LogP contribution is 2.21. The zero-order valence-electron chi connectivity index (χ0n) is 12.3. The van der Waals surface area contributed by atoms with E-state index in [4.69, 9.17) is 9.47 Å². The van der Waals surface area contributed by atoms with E-state index in [9.17, 15) is 0 Å². The molecule has 108 valence electrons. The van der Waals surface area contributed by atoms with Gasteiger partial charge in [-0.2, -0.15) is 0 Å². The van der Waals surface area contributed by atoms with Crippen LogP contribution in [0, 0.1) is 0 Å². The van der Waals surface area contributed by atoms with Crippen LogP contribution in [0.3, 0.4) is 0 Å². The zero-order valence-corrected chi connectivity index (χ0v) is 12.3. The van der Waals surface area contributed by atoms with Gasteiger partial charge in [-0.05, 0) is 0 Å². The van der Waals surface area contributed by atoms with Gasteiger partial charge in [0.15, 0.2) is 0 Å². The predicted molar refractivity (Wildman–Crippen MR) is 74.4 cm³/mol. The Bertz CT molecular complexity index is 411. The predicted octanol–water partition coefficient (Wildman–Crippen LogP) is 0.381. The van der Waals surface area contributed by atoms with Crippen LogP contribution in [0.5, 0.6) is 0 Å². The van der Waals surface area contributed by atoms with Gasteiger partial charge in [-0.3, -0.25) is 0 Å². The van der Waals surface area contributed by atoms with Crippen molar-refractivity contribution in [1.29, 1.82) is 0 Å². The van der Waals surface area contributed by atoms with Gasteiger partial charge in [0.1, 0.15) is 5.60 Å². The molecule has 2 rings (SSSR count). The highest BCUT2D eigenvalue weighted by molar-refractivity contribution is 5.30. The molecule has 1 aliphatic rings. The summed E-state index contributed by atoms with van der Waals surface area (Å²) in [5.74, 6) is 0.961. The van der Waals surface area contributed by atoms with Gasteiger partial charge in [0.25, 0.3) is 0 Å². The molecule has 1 saturated heterocycles. The largest absolute Gasteiger partial charge is 0.378 e. The van der Waals surface area contributed by atoms with E-state index in [1.54, 1.807) is 7.11 Å². The third-order valence-electron chi connectivity index (χ3n) is 3.71. The van der Waals surface area contributed by atoms with Crippen molar-refractivity contribution in [3.63, 3.8) is 0 Å². The maximum Gasteiger partial charge on any atom is 0.204 e. The lowest BCUT2D eigenvalue weighted by molar-refractivity contribution is -0.0160. The van der Waals surface area contributed by atoms with Gasteiger partial charge < -0.3 is 24.3 Å². The minimum absolute atomic E-state index is 0.164. The number of nitrogens with one attached hydrogen (secondary N) is 1. The molecule has 1 atom stereocenters. The molecule has 6 heteroatoms.